The second-order valence-corrected chi connectivity index (χ2v) is 6.03. The second-order valence-electron chi connectivity index (χ2n) is 4.32. The van der Waals surface area contributed by atoms with Crippen LogP contribution >= 0.6 is 22.9 Å². The number of ketones is 1. The Labute approximate surface area is 105 Å². The summed E-state index contributed by atoms with van der Waals surface area (Å²) in [5.74, 6) is 0.286. The number of carbonyl (C=O) groups excluding carboxylic acids is 1. The van der Waals surface area contributed by atoms with Gasteiger partial charge >= 0.3 is 0 Å². The number of piperidine rings is 1. The van der Waals surface area contributed by atoms with Gasteiger partial charge in [0.05, 0.1) is 9.21 Å². The molecule has 1 N–H and O–H groups in total. The average molecular weight is 258 g/mol. The highest BCUT2D eigenvalue weighted by atomic mass is 35.5. The number of hydrogen-bond acceptors (Lipinski definition) is 3. The van der Waals surface area contributed by atoms with Crippen LogP contribution < -0.4 is 5.32 Å². The van der Waals surface area contributed by atoms with Crippen LogP contribution in [0.25, 0.3) is 0 Å². The standard InChI is InChI=1S/C12H16ClNOS/c1-2-12(5-7-14-8-6-12)11(15)9-3-4-10(13)16-9/h3-4,14H,2,5-8H2,1H3. The number of rotatable bonds is 3. The Bertz CT molecular complexity index is 382. The number of halogens is 1. The van der Waals surface area contributed by atoms with Crippen molar-refractivity contribution in [2.75, 3.05) is 13.1 Å². The summed E-state index contributed by atoms with van der Waals surface area (Å²) >= 11 is 7.28. The van der Waals surface area contributed by atoms with E-state index < -0.39 is 0 Å². The van der Waals surface area contributed by atoms with Crippen molar-refractivity contribution in [2.24, 2.45) is 5.41 Å². The minimum atomic E-state index is -0.153. The minimum Gasteiger partial charge on any atom is -0.317 e. The molecule has 0 unspecified atom stereocenters. The normalized spacial score (nSPS) is 19.6. The molecule has 0 amide bonds. The Morgan fingerprint density at radius 1 is 1.50 bits per heavy atom. The van der Waals surface area contributed by atoms with E-state index in [0.717, 1.165) is 37.2 Å². The number of Topliss-reactive ketones (excluding diaryl/α,β-unsaturated/α-hetero) is 1. The molecular formula is C12H16ClNOS. The van der Waals surface area contributed by atoms with E-state index in [1.165, 1.54) is 11.3 Å². The first-order valence-electron chi connectivity index (χ1n) is 5.69. The van der Waals surface area contributed by atoms with E-state index in [1.807, 2.05) is 12.1 Å². The number of carbonyl (C=O) groups is 1. The molecular weight excluding hydrogens is 242 g/mol. The smallest absolute Gasteiger partial charge is 0.179 e. The van der Waals surface area contributed by atoms with Crippen LogP contribution in [0.3, 0.4) is 0 Å². The van der Waals surface area contributed by atoms with Crippen LogP contribution in [0.5, 0.6) is 0 Å². The van der Waals surface area contributed by atoms with Gasteiger partial charge in [-0.05, 0) is 44.5 Å². The van der Waals surface area contributed by atoms with Gasteiger partial charge in [-0.2, -0.15) is 0 Å². The molecule has 16 heavy (non-hydrogen) atoms. The van der Waals surface area contributed by atoms with Gasteiger partial charge in [-0.1, -0.05) is 18.5 Å². The predicted molar refractivity (Wildman–Crippen MR) is 68.5 cm³/mol. The van der Waals surface area contributed by atoms with Gasteiger partial charge < -0.3 is 5.32 Å². The van der Waals surface area contributed by atoms with Crippen molar-refractivity contribution in [3.05, 3.63) is 21.3 Å². The van der Waals surface area contributed by atoms with Gasteiger partial charge in [0.25, 0.3) is 0 Å². The van der Waals surface area contributed by atoms with E-state index in [9.17, 15) is 4.79 Å². The third kappa shape index (κ3) is 2.17. The lowest BCUT2D eigenvalue weighted by atomic mass is 9.73. The summed E-state index contributed by atoms with van der Waals surface area (Å²) in [6.45, 7) is 4.00. The summed E-state index contributed by atoms with van der Waals surface area (Å²) in [6.07, 6.45) is 2.80. The molecule has 0 radical (unpaired) electrons. The molecule has 1 aliphatic heterocycles. The van der Waals surface area contributed by atoms with Gasteiger partial charge in [-0.3, -0.25) is 4.79 Å². The fourth-order valence-electron chi connectivity index (χ4n) is 2.34. The zero-order chi connectivity index (χ0) is 11.6. The lowest BCUT2D eigenvalue weighted by Gasteiger charge is -2.35. The van der Waals surface area contributed by atoms with Crippen LogP contribution in [0, 0.1) is 5.41 Å². The second kappa shape index (κ2) is 4.86. The van der Waals surface area contributed by atoms with E-state index in [0.29, 0.717) is 4.34 Å². The van der Waals surface area contributed by atoms with Crippen molar-refractivity contribution in [1.82, 2.24) is 5.32 Å². The molecule has 1 aliphatic rings. The van der Waals surface area contributed by atoms with E-state index in [4.69, 9.17) is 11.6 Å². The van der Waals surface area contributed by atoms with Crippen molar-refractivity contribution in [3.63, 3.8) is 0 Å². The molecule has 2 nitrogen and oxygen atoms in total. The highest BCUT2D eigenvalue weighted by Crippen LogP contribution is 2.38. The molecule has 0 aromatic carbocycles. The Morgan fingerprint density at radius 3 is 2.69 bits per heavy atom. The largest absolute Gasteiger partial charge is 0.317 e. The summed E-state index contributed by atoms with van der Waals surface area (Å²) in [4.78, 5) is 13.3. The van der Waals surface area contributed by atoms with Gasteiger partial charge in [0.1, 0.15) is 0 Å². The van der Waals surface area contributed by atoms with E-state index in [1.54, 1.807) is 0 Å². The summed E-state index contributed by atoms with van der Waals surface area (Å²) in [6, 6.07) is 3.67. The van der Waals surface area contributed by atoms with Gasteiger partial charge in [-0.15, -0.1) is 11.3 Å². The first kappa shape index (κ1) is 12.1. The molecule has 0 atom stereocenters. The van der Waals surface area contributed by atoms with Crippen LogP contribution in [0.15, 0.2) is 12.1 Å². The number of hydrogen-bond donors (Lipinski definition) is 1. The lowest BCUT2D eigenvalue weighted by molar-refractivity contribution is 0.0722. The van der Waals surface area contributed by atoms with Gasteiger partial charge in [-0.25, -0.2) is 0 Å². The molecule has 1 aromatic heterocycles. The minimum absolute atomic E-state index is 0.153. The van der Waals surface area contributed by atoms with Crippen molar-refractivity contribution in [3.8, 4) is 0 Å². The maximum atomic E-state index is 12.5. The topological polar surface area (TPSA) is 29.1 Å². The molecule has 88 valence electrons. The fraction of sp³-hybridized carbons (Fsp3) is 0.583. The van der Waals surface area contributed by atoms with Crippen LogP contribution in [0.1, 0.15) is 35.9 Å². The molecule has 0 aliphatic carbocycles. The molecule has 0 bridgehead atoms. The van der Waals surface area contributed by atoms with Crippen molar-refractivity contribution < 1.29 is 4.79 Å². The van der Waals surface area contributed by atoms with Crippen LogP contribution in [0.4, 0.5) is 0 Å². The summed E-state index contributed by atoms with van der Waals surface area (Å²) < 4.78 is 0.698. The Kier molecular flexibility index (Phi) is 3.67. The number of thiophene rings is 1. The quantitative estimate of drug-likeness (QED) is 0.842. The molecule has 0 spiro atoms. The zero-order valence-corrected chi connectivity index (χ0v) is 11.0. The predicted octanol–water partition coefficient (Wildman–Crippen LogP) is 3.36. The van der Waals surface area contributed by atoms with Gasteiger partial charge in [0.2, 0.25) is 0 Å². The first-order chi connectivity index (χ1) is 7.68. The molecule has 4 heteroatoms. The van der Waals surface area contributed by atoms with Crippen LogP contribution in [0.2, 0.25) is 4.34 Å². The SMILES string of the molecule is CCC1(C(=O)c2ccc(Cl)s2)CCNCC1. The van der Waals surface area contributed by atoms with Gasteiger partial charge in [0.15, 0.2) is 5.78 Å². The van der Waals surface area contributed by atoms with Crippen LogP contribution in [-0.4, -0.2) is 18.9 Å². The highest BCUT2D eigenvalue weighted by molar-refractivity contribution is 7.18. The molecule has 1 fully saturated rings. The van der Waals surface area contributed by atoms with Crippen molar-refractivity contribution in [2.45, 2.75) is 26.2 Å². The monoisotopic (exact) mass is 257 g/mol. The Balaban J connectivity index is 2.24. The third-order valence-electron chi connectivity index (χ3n) is 3.52. The van der Waals surface area contributed by atoms with Crippen molar-refractivity contribution >= 4 is 28.7 Å². The molecule has 2 heterocycles. The summed E-state index contributed by atoms with van der Waals surface area (Å²) in [5.41, 5.74) is -0.153. The summed E-state index contributed by atoms with van der Waals surface area (Å²) in [7, 11) is 0. The Hall–Kier alpha value is -0.380. The van der Waals surface area contributed by atoms with Crippen molar-refractivity contribution in [1.29, 1.82) is 0 Å². The third-order valence-corrected chi connectivity index (χ3v) is 4.75. The van der Waals surface area contributed by atoms with Crippen LogP contribution in [-0.2, 0) is 0 Å². The van der Waals surface area contributed by atoms with Gasteiger partial charge in [0, 0.05) is 5.41 Å². The van der Waals surface area contributed by atoms with E-state index in [2.05, 4.69) is 12.2 Å². The number of nitrogens with one attached hydrogen (secondary N) is 1. The molecule has 1 saturated heterocycles. The fourth-order valence-corrected chi connectivity index (χ4v) is 3.45. The average Bonchev–Trinajstić information content (AvgIpc) is 2.76. The summed E-state index contributed by atoms with van der Waals surface area (Å²) in [5, 5.41) is 3.31. The maximum absolute atomic E-state index is 12.5. The lowest BCUT2D eigenvalue weighted by Crippen LogP contribution is -2.41. The molecule has 1 aromatic rings. The van der Waals surface area contributed by atoms with E-state index in [-0.39, 0.29) is 11.2 Å². The van der Waals surface area contributed by atoms with E-state index >= 15 is 0 Å². The highest BCUT2D eigenvalue weighted by Gasteiger charge is 2.38. The Morgan fingerprint density at radius 2 is 2.19 bits per heavy atom. The molecule has 0 saturated carbocycles. The molecule has 2 rings (SSSR count). The first-order valence-corrected chi connectivity index (χ1v) is 6.88. The zero-order valence-electron chi connectivity index (χ0n) is 9.38. The maximum Gasteiger partial charge on any atom is 0.179 e.